The van der Waals surface area contributed by atoms with E-state index in [-0.39, 0.29) is 98.9 Å². The van der Waals surface area contributed by atoms with Crippen LogP contribution < -0.4 is 54.6 Å². The van der Waals surface area contributed by atoms with Crippen molar-refractivity contribution in [3.8, 4) is 22.5 Å². The zero-order chi connectivity index (χ0) is 41.3. The summed E-state index contributed by atoms with van der Waals surface area (Å²) in [6, 6.07) is 14.7. The number of imidazole rings is 1. The summed E-state index contributed by atoms with van der Waals surface area (Å²) in [7, 11) is 112. The molecule has 0 bridgehead atoms. The first-order chi connectivity index (χ1) is 26.9. The van der Waals surface area contributed by atoms with E-state index < -0.39 is 17.8 Å². The summed E-state index contributed by atoms with van der Waals surface area (Å²) < 4.78 is 1.81. The fourth-order valence-electron chi connectivity index (χ4n) is 8.53. The summed E-state index contributed by atoms with van der Waals surface area (Å²) in [5, 5.41) is 0. The quantitative estimate of drug-likeness (QED) is 0.173. The van der Waals surface area contributed by atoms with Gasteiger partial charge in [0.25, 0.3) is 0 Å². The Bertz CT molecular complexity index is 2770. The van der Waals surface area contributed by atoms with Crippen LogP contribution in [0.15, 0.2) is 98.0 Å². The molecular formula is C38H11B17N2. The monoisotopic (exact) mass is 682 g/mol. The first-order valence-electron chi connectivity index (χ1n) is 17.5. The highest BCUT2D eigenvalue weighted by Gasteiger charge is 2.48. The molecule has 3 atom stereocenters. The molecule has 3 unspecified atom stereocenters. The van der Waals surface area contributed by atoms with Crippen LogP contribution in [0.5, 0.6) is 0 Å². The minimum atomic E-state index is -0.771. The van der Waals surface area contributed by atoms with Gasteiger partial charge in [-0.25, -0.2) is 4.98 Å². The summed E-state index contributed by atoms with van der Waals surface area (Å²) in [5.41, 5.74) is 6.65. The van der Waals surface area contributed by atoms with Gasteiger partial charge in [-0.15, -0.1) is 60.1 Å². The van der Waals surface area contributed by atoms with Gasteiger partial charge in [0.1, 0.15) is 139 Å². The standard InChI is InChI=1S/C38H11B17N2/c39-20-14(21(40)30(49)35(54)29(20)48)10-7-5-9(6-8-10)13-15-17(24(43)28(47)22(15)41)37(18-16(13)23(42)31(50)32(51)25(18)44)57-12-4-2-1-3-11(12)56-38(57)19-26(45)33(52)36(55)34(53)27(19)46/h1-8,13,15-16H. The molecule has 1 aromatic heterocycles. The predicted molar refractivity (Wildman–Crippen MR) is 252 cm³/mol. The number of hydrogen-bond acceptors (Lipinski definition) is 1. The maximum Gasteiger partial charge on any atom is 0.144 e. The highest BCUT2D eigenvalue weighted by atomic mass is 15.1. The van der Waals surface area contributed by atoms with E-state index in [1.807, 2.05) is 53.1 Å². The van der Waals surface area contributed by atoms with Crippen molar-refractivity contribution in [3.05, 3.63) is 104 Å². The molecule has 0 fully saturated rings. The topological polar surface area (TPSA) is 17.8 Å². The number of hydrogen-bond donors (Lipinski definition) is 0. The molecule has 34 radical (unpaired) electrons. The van der Waals surface area contributed by atoms with Crippen molar-refractivity contribution in [2.24, 2.45) is 11.8 Å². The summed E-state index contributed by atoms with van der Waals surface area (Å²) in [4.78, 5) is 5.01. The number of allylic oxidation sites excluding steroid dienone is 10. The van der Waals surface area contributed by atoms with Crippen LogP contribution in [0.4, 0.5) is 0 Å². The zero-order valence-corrected chi connectivity index (χ0v) is 30.6. The van der Waals surface area contributed by atoms with E-state index in [4.69, 9.17) is 138 Å². The Morgan fingerprint density at radius 1 is 0.421 bits per heavy atom. The van der Waals surface area contributed by atoms with Crippen molar-refractivity contribution in [1.29, 1.82) is 0 Å². The first kappa shape index (κ1) is 40.0. The Kier molecular flexibility index (Phi) is 9.93. The van der Waals surface area contributed by atoms with Gasteiger partial charge in [0.2, 0.25) is 0 Å². The van der Waals surface area contributed by atoms with Gasteiger partial charge < -0.3 is 0 Å². The smallest absolute Gasteiger partial charge is 0.144 e. The first-order valence-corrected chi connectivity index (χ1v) is 17.5. The lowest BCUT2D eigenvalue weighted by Gasteiger charge is -2.48. The highest BCUT2D eigenvalue weighted by molar-refractivity contribution is 6.70. The van der Waals surface area contributed by atoms with E-state index in [1.54, 1.807) is 0 Å². The van der Waals surface area contributed by atoms with Crippen LogP contribution in [0.25, 0.3) is 39.2 Å². The number of fused-ring (bicyclic) bond motifs is 3. The van der Waals surface area contributed by atoms with Gasteiger partial charge in [-0.1, -0.05) is 69.2 Å². The van der Waals surface area contributed by atoms with Crippen molar-refractivity contribution in [3.63, 3.8) is 0 Å². The molecule has 19 heteroatoms. The molecule has 8 rings (SSSR count). The second kappa shape index (κ2) is 14.2. The van der Waals surface area contributed by atoms with Crippen molar-refractivity contribution in [1.82, 2.24) is 9.55 Å². The Balaban J connectivity index is 1.47. The normalized spacial score (nSPS) is 19.5. The summed E-state index contributed by atoms with van der Waals surface area (Å²) in [5.74, 6) is -1.85. The summed E-state index contributed by atoms with van der Waals surface area (Å²) >= 11 is 0. The van der Waals surface area contributed by atoms with Crippen LogP contribution >= 0.6 is 0 Å². The Hall–Kier alpha value is -3.85. The van der Waals surface area contributed by atoms with Crippen molar-refractivity contribution < 1.29 is 0 Å². The molecule has 57 heavy (non-hydrogen) atoms. The SMILES string of the molecule is [B]C1=C([B])C2=C(n3c(-c4c([B])c([B])c([B])c([B])c4[B])nc4ccccc43)C3=C([B])C([B])=C([B])C3C(c3ccc(-c4c([B])c([B])c([B])c([B])c4[B])cc3)C2C([B])=C1[B]. The Morgan fingerprint density at radius 3 is 1.42 bits per heavy atom. The van der Waals surface area contributed by atoms with Crippen molar-refractivity contribution in [2.75, 3.05) is 0 Å². The molecule has 0 N–H and O–H groups in total. The average Bonchev–Trinajstić information content (AvgIpc) is 3.68. The van der Waals surface area contributed by atoms with Gasteiger partial charge in [-0.2, -0.15) is 0 Å². The summed E-state index contributed by atoms with van der Waals surface area (Å²) in [6.45, 7) is 0. The lowest BCUT2D eigenvalue weighted by molar-refractivity contribution is 0.466. The minimum absolute atomic E-state index is 0.0275. The maximum absolute atomic E-state index is 7.04. The van der Waals surface area contributed by atoms with Crippen LogP contribution in [0, 0.1) is 11.8 Å². The molecule has 0 spiro atoms. The molecule has 1 heterocycles. The molecule has 2 nitrogen and oxygen atoms in total. The van der Waals surface area contributed by atoms with E-state index in [0.29, 0.717) is 44.5 Å². The lowest BCUT2D eigenvalue weighted by atomic mass is 9.48. The fourth-order valence-corrected chi connectivity index (χ4v) is 8.53. The third kappa shape index (κ3) is 5.59. The number of para-hydroxylation sites is 2. The number of nitrogens with zero attached hydrogens (tertiary/aromatic N) is 2. The van der Waals surface area contributed by atoms with Crippen LogP contribution in [0.2, 0.25) is 0 Å². The van der Waals surface area contributed by atoms with Gasteiger partial charge in [-0.3, -0.25) is 4.57 Å². The van der Waals surface area contributed by atoms with E-state index >= 15 is 0 Å². The molecule has 4 aromatic carbocycles. The van der Waals surface area contributed by atoms with Gasteiger partial charge in [0.05, 0.1) is 16.7 Å². The molecule has 5 aromatic rings. The second-order valence-electron chi connectivity index (χ2n) is 14.4. The molecule has 3 aliphatic rings. The van der Waals surface area contributed by atoms with Gasteiger partial charge in [-0.05, 0) is 40.0 Å². The second-order valence-corrected chi connectivity index (χ2v) is 14.4. The van der Waals surface area contributed by atoms with E-state index in [1.165, 1.54) is 0 Å². The van der Waals surface area contributed by atoms with Crippen molar-refractivity contribution >= 4 is 205 Å². The van der Waals surface area contributed by atoms with Gasteiger partial charge in [0, 0.05) is 23.3 Å². The van der Waals surface area contributed by atoms with Crippen LogP contribution in [-0.2, 0) is 0 Å². The largest absolute Gasteiger partial charge is 0.292 e. The van der Waals surface area contributed by atoms with Crippen LogP contribution in [-0.4, -0.2) is 143 Å². The van der Waals surface area contributed by atoms with E-state index in [2.05, 4.69) is 0 Å². The molecule has 3 aliphatic carbocycles. The number of aromatic nitrogens is 2. The zero-order valence-electron chi connectivity index (χ0n) is 30.6. The average molecular weight is 679 g/mol. The molecular weight excluding hydrogens is 668 g/mol. The fraction of sp³-hybridized carbons (Fsp3) is 0.0789. The molecule has 0 amide bonds. The van der Waals surface area contributed by atoms with Gasteiger partial charge in [0.15, 0.2) is 0 Å². The van der Waals surface area contributed by atoms with Gasteiger partial charge >= 0.3 is 0 Å². The Labute approximate surface area is 356 Å². The molecule has 0 saturated carbocycles. The predicted octanol–water partition coefficient (Wildman–Crippen LogP) is -6.36. The minimum Gasteiger partial charge on any atom is -0.292 e. The maximum atomic E-state index is 7.04. The highest BCUT2D eigenvalue weighted by Crippen LogP contribution is 2.60. The van der Waals surface area contributed by atoms with E-state index in [0.717, 1.165) is 5.56 Å². The Morgan fingerprint density at radius 2 is 0.877 bits per heavy atom. The summed E-state index contributed by atoms with van der Waals surface area (Å²) in [6.07, 6.45) is 0. The molecule has 0 aliphatic heterocycles. The van der Waals surface area contributed by atoms with E-state index in [9.17, 15) is 0 Å². The third-order valence-corrected chi connectivity index (χ3v) is 11.6. The third-order valence-electron chi connectivity index (χ3n) is 11.6. The number of rotatable bonds is 4. The molecule has 224 valence electrons. The van der Waals surface area contributed by atoms with Crippen LogP contribution in [0.1, 0.15) is 11.5 Å². The number of benzene rings is 4. The van der Waals surface area contributed by atoms with Crippen molar-refractivity contribution in [2.45, 2.75) is 5.92 Å². The molecule has 0 saturated heterocycles. The lowest BCUT2D eigenvalue weighted by Crippen LogP contribution is -2.55. The van der Waals surface area contributed by atoms with Crippen LogP contribution in [0.3, 0.4) is 0 Å².